The van der Waals surface area contributed by atoms with Gasteiger partial charge in [-0.1, -0.05) is 44.2 Å². The van der Waals surface area contributed by atoms with Gasteiger partial charge in [-0.15, -0.1) is 0 Å². The molecule has 0 aliphatic carbocycles. The van der Waals surface area contributed by atoms with Gasteiger partial charge in [0.15, 0.2) is 0 Å². The monoisotopic (exact) mass is 289 g/mol. The summed E-state index contributed by atoms with van der Waals surface area (Å²) in [6.07, 6.45) is 3.55. The molecule has 1 aliphatic rings. The summed E-state index contributed by atoms with van der Waals surface area (Å²) in [5, 5.41) is 3.82. The van der Waals surface area contributed by atoms with Crippen molar-refractivity contribution in [3.8, 4) is 0 Å². The molecule has 2 rings (SSSR count). The summed E-state index contributed by atoms with van der Waals surface area (Å²) in [4.78, 5) is 0. The van der Waals surface area contributed by atoms with Crippen LogP contribution >= 0.6 is 0 Å². The molecule has 0 spiro atoms. The van der Waals surface area contributed by atoms with E-state index in [4.69, 9.17) is 4.74 Å². The second-order valence-corrected chi connectivity index (χ2v) is 7.26. The molecule has 2 atom stereocenters. The molecule has 0 saturated carbocycles. The fourth-order valence-electron chi connectivity index (χ4n) is 3.63. The maximum Gasteiger partial charge on any atom is 0.0469 e. The molecule has 21 heavy (non-hydrogen) atoms. The molecule has 2 heteroatoms. The van der Waals surface area contributed by atoms with Crippen LogP contribution in [-0.2, 0) is 10.2 Å². The Morgan fingerprint density at radius 1 is 1.14 bits per heavy atom. The second kappa shape index (κ2) is 7.42. The van der Waals surface area contributed by atoms with Gasteiger partial charge in [0.05, 0.1) is 0 Å². The molecule has 1 fully saturated rings. The van der Waals surface area contributed by atoms with Crippen LogP contribution in [0.1, 0.15) is 52.5 Å². The average Bonchev–Trinajstić information content (AvgIpc) is 2.48. The zero-order valence-corrected chi connectivity index (χ0v) is 14.1. The summed E-state index contributed by atoms with van der Waals surface area (Å²) in [6.45, 7) is 11.2. The molecule has 0 aromatic heterocycles. The van der Waals surface area contributed by atoms with Gasteiger partial charge < -0.3 is 10.1 Å². The predicted octanol–water partition coefficient (Wildman–Crippen LogP) is 4.15. The van der Waals surface area contributed by atoms with Crippen LogP contribution in [0.25, 0.3) is 0 Å². The fourth-order valence-corrected chi connectivity index (χ4v) is 3.63. The second-order valence-electron chi connectivity index (χ2n) is 7.26. The molecule has 2 unspecified atom stereocenters. The molecule has 118 valence electrons. The Bertz CT molecular complexity index is 409. The van der Waals surface area contributed by atoms with E-state index < -0.39 is 0 Å². The van der Waals surface area contributed by atoms with Crippen molar-refractivity contribution in [1.29, 1.82) is 0 Å². The average molecular weight is 289 g/mol. The summed E-state index contributed by atoms with van der Waals surface area (Å²) < 4.78 is 5.47. The number of benzene rings is 1. The van der Waals surface area contributed by atoms with Gasteiger partial charge in [0.2, 0.25) is 0 Å². The lowest BCUT2D eigenvalue weighted by molar-refractivity contribution is 0.0542. The van der Waals surface area contributed by atoms with Crippen molar-refractivity contribution in [1.82, 2.24) is 5.32 Å². The number of hydrogen-bond donors (Lipinski definition) is 1. The van der Waals surface area contributed by atoms with Crippen LogP contribution in [-0.4, -0.2) is 25.3 Å². The van der Waals surface area contributed by atoms with Gasteiger partial charge in [-0.05, 0) is 50.0 Å². The zero-order chi connectivity index (χ0) is 15.3. The van der Waals surface area contributed by atoms with Crippen molar-refractivity contribution in [2.24, 2.45) is 5.92 Å². The van der Waals surface area contributed by atoms with Crippen molar-refractivity contribution >= 4 is 0 Å². The van der Waals surface area contributed by atoms with Crippen molar-refractivity contribution in [3.63, 3.8) is 0 Å². The highest BCUT2D eigenvalue weighted by molar-refractivity contribution is 5.23. The molecule has 1 aromatic rings. The molecule has 1 heterocycles. The van der Waals surface area contributed by atoms with E-state index in [9.17, 15) is 0 Å². The van der Waals surface area contributed by atoms with E-state index in [-0.39, 0.29) is 5.41 Å². The predicted molar refractivity (Wildman–Crippen MR) is 89.7 cm³/mol. The first-order valence-corrected chi connectivity index (χ1v) is 8.38. The van der Waals surface area contributed by atoms with Crippen molar-refractivity contribution in [2.45, 2.75) is 64.5 Å². The van der Waals surface area contributed by atoms with Gasteiger partial charge in [0.1, 0.15) is 0 Å². The number of hydrogen-bond acceptors (Lipinski definition) is 2. The van der Waals surface area contributed by atoms with Crippen LogP contribution in [0.4, 0.5) is 0 Å². The first-order valence-electron chi connectivity index (χ1n) is 8.38. The van der Waals surface area contributed by atoms with Gasteiger partial charge >= 0.3 is 0 Å². The molecule has 1 saturated heterocycles. The van der Waals surface area contributed by atoms with Crippen molar-refractivity contribution < 1.29 is 4.74 Å². The standard InChI is InChI=1S/C19H31NO/c1-15(20-16(2)17-10-12-21-13-11-17)14-19(3,4)18-8-6-5-7-9-18/h5-9,15-17,20H,10-14H2,1-4H3. The summed E-state index contributed by atoms with van der Waals surface area (Å²) in [7, 11) is 0. The number of ether oxygens (including phenoxy) is 1. The quantitative estimate of drug-likeness (QED) is 0.849. The molecule has 0 bridgehead atoms. The first kappa shape index (κ1) is 16.5. The Kier molecular flexibility index (Phi) is 5.83. The zero-order valence-electron chi connectivity index (χ0n) is 14.1. The van der Waals surface area contributed by atoms with E-state index in [2.05, 4.69) is 63.3 Å². The van der Waals surface area contributed by atoms with Gasteiger partial charge in [-0.2, -0.15) is 0 Å². The highest BCUT2D eigenvalue weighted by Crippen LogP contribution is 2.28. The van der Waals surface area contributed by atoms with Crippen LogP contribution in [0, 0.1) is 5.92 Å². The summed E-state index contributed by atoms with van der Waals surface area (Å²) >= 11 is 0. The first-order chi connectivity index (χ1) is 9.99. The molecular formula is C19H31NO. The van der Waals surface area contributed by atoms with E-state index in [1.165, 1.54) is 18.4 Å². The number of rotatable bonds is 6. The molecule has 1 N–H and O–H groups in total. The maximum atomic E-state index is 5.47. The van der Waals surface area contributed by atoms with Crippen LogP contribution in [0.15, 0.2) is 30.3 Å². The molecule has 1 aliphatic heterocycles. The lowest BCUT2D eigenvalue weighted by atomic mass is 9.79. The lowest BCUT2D eigenvalue weighted by Gasteiger charge is -2.34. The summed E-state index contributed by atoms with van der Waals surface area (Å²) in [5.74, 6) is 0.765. The maximum absolute atomic E-state index is 5.47. The topological polar surface area (TPSA) is 21.3 Å². The summed E-state index contributed by atoms with van der Waals surface area (Å²) in [5.41, 5.74) is 1.64. The highest BCUT2D eigenvalue weighted by atomic mass is 16.5. The summed E-state index contributed by atoms with van der Waals surface area (Å²) in [6, 6.07) is 12.0. The minimum Gasteiger partial charge on any atom is -0.381 e. The van der Waals surface area contributed by atoms with Crippen LogP contribution in [0.3, 0.4) is 0 Å². The normalized spacial score (nSPS) is 20.2. The van der Waals surface area contributed by atoms with Crippen molar-refractivity contribution in [2.75, 3.05) is 13.2 Å². The Balaban J connectivity index is 1.87. The molecular weight excluding hydrogens is 258 g/mol. The SMILES string of the molecule is CC(CC(C)(C)c1ccccc1)NC(C)C1CCOCC1. The largest absolute Gasteiger partial charge is 0.381 e. The Morgan fingerprint density at radius 3 is 2.38 bits per heavy atom. The Labute approximate surface area is 130 Å². The minimum atomic E-state index is 0.211. The molecule has 0 amide bonds. The highest BCUT2D eigenvalue weighted by Gasteiger charge is 2.26. The lowest BCUT2D eigenvalue weighted by Crippen LogP contribution is -2.43. The van der Waals surface area contributed by atoms with E-state index in [1.54, 1.807) is 0 Å². The van der Waals surface area contributed by atoms with E-state index >= 15 is 0 Å². The molecule has 0 radical (unpaired) electrons. The molecule has 1 aromatic carbocycles. The van der Waals surface area contributed by atoms with E-state index in [0.717, 1.165) is 25.6 Å². The van der Waals surface area contributed by atoms with E-state index in [0.29, 0.717) is 12.1 Å². The van der Waals surface area contributed by atoms with Crippen molar-refractivity contribution in [3.05, 3.63) is 35.9 Å². The Morgan fingerprint density at radius 2 is 1.76 bits per heavy atom. The third-order valence-corrected chi connectivity index (χ3v) is 4.89. The van der Waals surface area contributed by atoms with Crippen LogP contribution in [0.2, 0.25) is 0 Å². The van der Waals surface area contributed by atoms with E-state index in [1.807, 2.05) is 0 Å². The third kappa shape index (κ3) is 4.82. The molecule has 2 nitrogen and oxygen atoms in total. The minimum absolute atomic E-state index is 0.211. The fraction of sp³-hybridized carbons (Fsp3) is 0.684. The van der Waals surface area contributed by atoms with Gasteiger partial charge in [0.25, 0.3) is 0 Å². The van der Waals surface area contributed by atoms with Gasteiger partial charge in [-0.25, -0.2) is 0 Å². The smallest absolute Gasteiger partial charge is 0.0469 e. The Hall–Kier alpha value is -0.860. The number of nitrogens with one attached hydrogen (secondary N) is 1. The van der Waals surface area contributed by atoms with Crippen LogP contribution in [0.5, 0.6) is 0 Å². The third-order valence-electron chi connectivity index (χ3n) is 4.89. The van der Waals surface area contributed by atoms with Gasteiger partial charge in [0, 0.05) is 25.3 Å². The van der Waals surface area contributed by atoms with Gasteiger partial charge in [-0.3, -0.25) is 0 Å². The van der Waals surface area contributed by atoms with Crippen LogP contribution < -0.4 is 5.32 Å².